The monoisotopic (exact) mass is 300 g/mol. The summed E-state index contributed by atoms with van der Waals surface area (Å²) in [6.45, 7) is 2.00. The lowest BCUT2D eigenvalue weighted by Gasteiger charge is -2.17. The number of aliphatic hydroxyl groups excluding tert-OH is 1. The molecule has 1 unspecified atom stereocenters. The second kappa shape index (κ2) is 5.53. The lowest BCUT2D eigenvalue weighted by molar-refractivity contribution is 0.102. The van der Waals surface area contributed by atoms with Gasteiger partial charge in [0.25, 0.3) is 0 Å². The lowest BCUT2D eigenvalue weighted by Crippen LogP contribution is -2.19. The Bertz CT molecular complexity index is 383. The molecular formula is C13H21BrN2O. The predicted octanol–water partition coefficient (Wildman–Crippen LogP) is 2.97. The van der Waals surface area contributed by atoms with Gasteiger partial charge >= 0.3 is 0 Å². The summed E-state index contributed by atoms with van der Waals surface area (Å²) in [7, 11) is 1.97. The van der Waals surface area contributed by atoms with Crippen LogP contribution in [-0.2, 0) is 13.5 Å². The normalized spacial score (nSPS) is 18.8. The molecule has 0 bridgehead atoms. The fraction of sp³-hybridized carbons (Fsp3) is 0.769. The lowest BCUT2D eigenvalue weighted by atomic mass is 9.96. The van der Waals surface area contributed by atoms with Crippen LogP contribution in [0.2, 0.25) is 0 Å². The summed E-state index contributed by atoms with van der Waals surface area (Å²) < 4.78 is 3.01. The Labute approximate surface area is 111 Å². The van der Waals surface area contributed by atoms with Crippen LogP contribution in [0.15, 0.2) is 4.47 Å². The van der Waals surface area contributed by atoms with Crippen LogP contribution < -0.4 is 0 Å². The smallest absolute Gasteiger partial charge is 0.0738 e. The quantitative estimate of drug-likeness (QED) is 0.928. The fourth-order valence-electron chi connectivity index (χ4n) is 2.81. The van der Waals surface area contributed by atoms with Crippen molar-refractivity contribution in [1.29, 1.82) is 0 Å². The largest absolute Gasteiger partial charge is 0.393 e. The van der Waals surface area contributed by atoms with Crippen LogP contribution >= 0.6 is 15.9 Å². The molecule has 0 spiro atoms. The molecule has 1 heterocycles. The van der Waals surface area contributed by atoms with E-state index in [4.69, 9.17) is 0 Å². The molecule has 0 aliphatic heterocycles. The van der Waals surface area contributed by atoms with Crippen molar-refractivity contribution in [2.45, 2.75) is 51.6 Å². The topological polar surface area (TPSA) is 38.0 Å². The van der Waals surface area contributed by atoms with Crippen molar-refractivity contribution < 1.29 is 5.11 Å². The fourth-order valence-corrected chi connectivity index (χ4v) is 3.35. The Balaban J connectivity index is 1.92. The molecule has 17 heavy (non-hydrogen) atoms. The van der Waals surface area contributed by atoms with Crippen LogP contribution in [0, 0.1) is 12.8 Å². The number of halogens is 1. The molecule has 1 N–H and O–H groups in total. The average molecular weight is 301 g/mol. The highest BCUT2D eigenvalue weighted by molar-refractivity contribution is 9.10. The van der Waals surface area contributed by atoms with Crippen LogP contribution in [0.4, 0.5) is 0 Å². The van der Waals surface area contributed by atoms with E-state index >= 15 is 0 Å². The van der Waals surface area contributed by atoms with E-state index in [1.807, 2.05) is 18.7 Å². The standard InChI is InChI=1S/C13H21BrN2O/c1-9-13(14)11(16(2)15-9)7-8-12(17)10-5-3-4-6-10/h10,12,17H,3-8H2,1-2H3. The average Bonchev–Trinajstić information content (AvgIpc) is 2.88. The number of hydrogen-bond donors (Lipinski definition) is 1. The van der Waals surface area contributed by atoms with Crippen molar-refractivity contribution in [3.63, 3.8) is 0 Å². The Morgan fingerprint density at radius 3 is 2.65 bits per heavy atom. The van der Waals surface area contributed by atoms with E-state index in [2.05, 4.69) is 21.0 Å². The maximum Gasteiger partial charge on any atom is 0.0738 e. The van der Waals surface area contributed by atoms with Gasteiger partial charge in [-0.1, -0.05) is 12.8 Å². The van der Waals surface area contributed by atoms with Crippen LogP contribution in [0.3, 0.4) is 0 Å². The number of nitrogens with zero attached hydrogens (tertiary/aromatic N) is 2. The molecule has 2 rings (SSSR count). The Hall–Kier alpha value is -0.350. The Morgan fingerprint density at radius 1 is 1.47 bits per heavy atom. The van der Waals surface area contributed by atoms with Gasteiger partial charge in [0.1, 0.15) is 0 Å². The summed E-state index contributed by atoms with van der Waals surface area (Å²) in [6, 6.07) is 0. The van der Waals surface area contributed by atoms with Crippen molar-refractivity contribution in [1.82, 2.24) is 9.78 Å². The molecular weight excluding hydrogens is 280 g/mol. The molecule has 96 valence electrons. The summed E-state index contributed by atoms with van der Waals surface area (Å²) in [5, 5.41) is 14.5. The minimum atomic E-state index is -0.139. The predicted molar refractivity (Wildman–Crippen MR) is 71.9 cm³/mol. The van der Waals surface area contributed by atoms with Gasteiger partial charge < -0.3 is 5.11 Å². The highest BCUT2D eigenvalue weighted by Crippen LogP contribution is 2.30. The minimum absolute atomic E-state index is 0.139. The molecule has 1 atom stereocenters. The van der Waals surface area contributed by atoms with E-state index in [1.54, 1.807) is 0 Å². The highest BCUT2D eigenvalue weighted by atomic mass is 79.9. The summed E-state index contributed by atoms with van der Waals surface area (Å²) >= 11 is 3.57. The second-order valence-corrected chi connectivity index (χ2v) is 5.91. The first-order chi connectivity index (χ1) is 8.09. The number of aliphatic hydroxyl groups is 1. The van der Waals surface area contributed by atoms with Crippen molar-refractivity contribution in [3.05, 3.63) is 15.9 Å². The first-order valence-corrected chi connectivity index (χ1v) is 7.25. The third-order valence-corrected chi connectivity index (χ3v) is 4.91. The van der Waals surface area contributed by atoms with Gasteiger partial charge in [-0.05, 0) is 54.5 Å². The molecule has 1 aliphatic rings. The Kier molecular flexibility index (Phi) is 4.26. The first kappa shape index (κ1) is 13.1. The van der Waals surface area contributed by atoms with Crippen LogP contribution in [-0.4, -0.2) is 21.0 Å². The number of hydrogen-bond acceptors (Lipinski definition) is 2. The SMILES string of the molecule is Cc1nn(C)c(CCC(O)C2CCCC2)c1Br. The van der Waals surface area contributed by atoms with Gasteiger partial charge in [0, 0.05) is 7.05 Å². The van der Waals surface area contributed by atoms with Crippen molar-refractivity contribution in [3.8, 4) is 0 Å². The van der Waals surface area contributed by atoms with Gasteiger partial charge in [0.2, 0.25) is 0 Å². The van der Waals surface area contributed by atoms with E-state index in [-0.39, 0.29) is 6.10 Å². The third kappa shape index (κ3) is 2.91. The summed E-state index contributed by atoms with van der Waals surface area (Å²) in [5.74, 6) is 0.531. The van der Waals surface area contributed by atoms with Crippen molar-refractivity contribution in [2.24, 2.45) is 13.0 Å². The maximum absolute atomic E-state index is 10.2. The Morgan fingerprint density at radius 2 is 2.12 bits per heavy atom. The number of aryl methyl sites for hydroxylation is 2. The summed E-state index contributed by atoms with van der Waals surface area (Å²) in [4.78, 5) is 0. The van der Waals surface area contributed by atoms with Crippen LogP contribution in [0.1, 0.15) is 43.5 Å². The van der Waals surface area contributed by atoms with Gasteiger partial charge in [0.15, 0.2) is 0 Å². The molecule has 3 nitrogen and oxygen atoms in total. The molecule has 1 aromatic heterocycles. The molecule has 0 aromatic carbocycles. The van der Waals surface area contributed by atoms with Gasteiger partial charge in [-0.2, -0.15) is 5.10 Å². The van der Waals surface area contributed by atoms with Gasteiger partial charge in [0.05, 0.1) is 22.0 Å². The molecule has 0 amide bonds. The first-order valence-electron chi connectivity index (χ1n) is 6.45. The molecule has 1 saturated carbocycles. The number of rotatable bonds is 4. The summed E-state index contributed by atoms with van der Waals surface area (Å²) in [6.07, 6.45) is 6.59. The minimum Gasteiger partial charge on any atom is -0.393 e. The van der Waals surface area contributed by atoms with E-state index in [9.17, 15) is 5.11 Å². The molecule has 1 fully saturated rings. The van der Waals surface area contributed by atoms with E-state index in [0.29, 0.717) is 5.92 Å². The highest BCUT2D eigenvalue weighted by Gasteiger charge is 2.23. The second-order valence-electron chi connectivity index (χ2n) is 5.12. The molecule has 0 radical (unpaired) electrons. The third-order valence-electron chi connectivity index (χ3n) is 3.88. The summed E-state index contributed by atoms with van der Waals surface area (Å²) in [5.41, 5.74) is 2.22. The molecule has 1 aromatic rings. The number of aromatic nitrogens is 2. The van der Waals surface area contributed by atoms with Crippen LogP contribution in [0.5, 0.6) is 0 Å². The van der Waals surface area contributed by atoms with E-state index < -0.39 is 0 Å². The van der Waals surface area contributed by atoms with E-state index in [1.165, 1.54) is 31.4 Å². The zero-order valence-corrected chi connectivity index (χ0v) is 12.2. The zero-order valence-electron chi connectivity index (χ0n) is 10.6. The molecule has 1 aliphatic carbocycles. The van der Waals surface area contributed by atoms with Crippen LogP contribution in [0.25, 0.3) is 0 Å². The van der Waals surface area contributed by atoms with Gasteiger partial charge in [-0.3, -0.25) is 4.68 Å². The van der Waals surface area contributed by atoms with Crippen molar-refractivity contribution >= 4 is 15.9 Å². The maximum atomic E-state index is 10.2. The molecule has 4 heteroatoms. The van der Waals surface area contributed by atoms with Crippen molar-refractivity contribution in [2.75, 3.05) is 0 Å². The van der Waals surface area contributed by atoms with Gasteiger partial charge in [-0.15, -0.1) is 0 Å². The molecule has 0 saturated heterocycles. The zero-order chi connectivity index (χ0) is 12.4. The van der Waals surface area contributed by atoms with Gasteiger partial charge in [-0.25, -0.2) is 0 Å². The van der Waals surface area contributed by atoms with E-state index in [0.717, 1.165) is 23.0 Å².